The fourth-order valence-corrected chi connectivity index (χ4v) is 3.56. The third-order valence-corrected chi connectivity index (χ3v) is 4.90. The van der Waals surface area contributed by atoms with E-state index in [0.717, 1.165) is 44.2 Å². The molecule has 3 nitrogen and oxygen atoms in total. The Labute approximate surface area is 112 Å². The third-order valence-electron chi connectivity index (χ3n) is 4.90. The van der Waals surface area contributed by atoms with Crippen LogP contribution in [0.3, 0.4) is 0 Å². The molecular weight excluding hydrogens is 224 g/mol. The molecule has 2 atom stereocenters. The van der Waals surface area contributed by atoms with E-state index in [2.05, 4.69) is 5.32 Å². The Hall–Kier alpha value is -0.120. The summed E-state index contributed by atoms with van der Waals surface area (Å²) < 4.78 is 0. The van der Waals surface area contributed by atoms with E-state index in [1.807, 2.05) is 0 Å². The molecule has 0 aromatic heterocycles. The van der Waals surface area contributed by atoms with Crippen LogP contribution >= 0.6 is 0 Å². The highest BCUT2D eigenvalue weighted by Crippen LogP contribution is 2.46. The number of rotatable bonds is 8. The summed E-state index contributed by atoms with van der Waals surface area (Å²) in [5, 5.41) is 12.5. The normalized spacial score (nSPS) is 32.7. The first-order chi connectivity index (χ1) is 8.79. The van der Waals surface area contributed by atoms with Gasteiger partial charge in [0.1, 0.15) is 0 Å². The van der Waals surface area contributed by atoms with Gasteiger partial charge in [-0.1, -0.05) is 12.8 Å². The lowest BCUT2D eigenvalue weighted by Crippen LogP contribution is -2.54. The average Bonchev–Trinajstić information content (AvgIpc) is 3.23. The Morgan fingerprint density at radius 1 is 1.11 bits per heavy atom. The zero-order valence-corrected chi connectivity index (χ0v) is 11.7. The number of hydrogen-bond acceptors (Lipinski definition) is 3. The van der Waals surface area contributed by atoms with Crippen LogP contribution in [-0.4, -0.2) is 30.3 Å². The highest BCUT2D eigenvalue weighted by atomic mass is 16.2. The summed E-state index contributed by atoms with van der Waals surface area (Å²) in [6.45, 7) is 2.18. The Balaban J connectivity index is 1.73. The lowest BCUT2D eigenvalue weighted by atomic mass is 9.73. The molecule has 106 valence electrons. The first kappa shape index (κ1) is 14.3. The molecule has 2 fully saturated rings. The zero-order valence-electron chi connectivity index (χ0n) is 11.7. The summed E-state index contributed by atoms with van der Waals surface area (Å²) in [6.07, 6.45) is 11.5. The number of aliphatic hydroxyl groups excluding tert-OH is 1. The van der Waals surface area contributed by atoms with Crippen molar-refractivity contribution in [3.63, 3.8) is 0 Å². The summed E-state index contributed by atoms with van der Waals surface area (Å²) >= 11 is 0. The molecule has 2 rings (SSSR count). The van der Waals surface area contributed by atoms with Crippen LogP contribution in [0.2, 0.25) is 0 Å². The highest BCUT2D eigenvalue weighted by Gasteiger charge is 2.40. The maximum Gasteiger partial charge on any atom is 0.0431 e. The van der Waals surface area contributed by atoms with Crippen LogP contribution < -0.4 is 11.1 Å². The molecule has 2 unspecified atom stereocenters. The van der Waals surface area contributed by atoms with Gasteiger partial charge in [0, 0.05) is 18.7 Å². The van der Waals surface area contributed by atoms with Crippen molar-refractivity contribution < 1.29 is 5.11 Å². The molecule has 0 saturated heterocycles. The maximum absolute atomic E-state index is 8.77. The molecule has 0 radical (unpaired) electrons. The second-order valence-electron chi connectivity index (χ2n) is 6.39. The maximum atomic E-state index is 8.77. The Kier molecular flexibility index (Phi) is 5.46. The van der Waals surface area contributed by atoms with Gasteiger partial charge in [-0.15, -0.1) is 0 Å². The fourth-order valence-electron chi connectivity index (χ4n) is 3.56. The van der Waals surface area contributed by atoms with E-state index in [4.69, 9.17) is 10.8 Å². The van der Waals surface area contributed by atoms with E-state index >= 15 is 0 Å². The van der Waals surface area contributed by atoms with E-state index in [1.54, 1.807) is 0 Å². The second kappa shape index (κ2) is 6.88. The summed E-state index contributed by atoms with van der Waals surface area (Å²) in [4.78, 5) is 0. The van der Waals surface area contributed by atoms with Crippen molar-refractivity contribution in [2.24, 2.45) is 17.6 Å². The average molecular weight is 254 g/mol. The van der Waals surface area contributed by atoms with Crippen LogP contribution in [0.1, 0.15) is 57.8 Å². The van der Waals surface area contributed by atoms with Crippen molar-refractivity contribution in [2.75, 3.05) is 19.7 Å². The standard InChI is InChI=1S/C15H30N2O/c16-12-15(17-9-2-1-3-10-18)8-4-5-14(11-15)13-6-7-13/h13-14,17-18H,1-12,16H2. The molecule has 0 spiro atoms. The molecule has 0 heterocycles. The van der Waals surface area contributed by atoms with Gasteiger partial charge in [-0.3, -0.25) is 0 Å². The quantitative estimate of drug-likeness (QED) is 0.581. The first-order valence-corrected chi connectivity index (χ1v) is 7.86. The molecule has 4 N–H and O–H groups in total. The van der Waals surface area contributed by atoms with Gasteiger partial charge in [0.2, 0.25) is 0 Å². The molecule has 0 aromatic rings. The lowest BCUT2D eigenvalue weighted by molar-refractivity contribution is 0.169. The second-order valence-corrected chi connectivity index (χ2v) is 6.39. The Morgan fingerprint density at radius 2 is 1.94 bits per heavy atom. The summed E-state index contributed by atoms with van der Waals surface area (Å²) in [5.74, 6) is 1.96. The number of aliphatic hydroxyl groups is 1. The molecule has 0 bridgehead atoms. The van der Waals surface area contributed by atoms with Gasteiger partial charge in [-0.05, 0) is 63.3 Å². The number of unbranched alkanes of at least 4 members (excludes halogenated alkanes) is 2. The van der Waals surface area contributed by atoms with Crippen LogP contribution in [0.15, 0.2) is 0 Å². The highest BCUT2D eigenvalue weighted by molar-refractivity contribution is 4.98. The van der Waals surface area contributed by atoms with Crippen molar-refractivity contribution >= 4 is 0 Å². The third kappa shape index (κ3) is 3.94. The van der Waals surface area contributed by atoms with Gasteiger partial charge in [-0.25, -0.2) is 0 Å². The summed E-state index contributed by atoms with van der Waals surface area (Å²) in [7, 11) is 0. The molecule has 0 aliphatic heterocycles. The van der Waals surface area contributed by atoms with Crippen molar-refractivity contribution in [1.29, 1.82) is 0 Å². The minimum absolute atomic E-state index is 0.227. The van der Waals surface area contributed by atoms with Crippen molar-refractivity contribution in [3.8, 4) is 0 Å². The van der Waals surface area contributed by atoms with Gasteiger partial charge in [-0.2, -0.15) is 0 Å². The molecule has 2 aliphatic carbocycles. The van der Waals surface area contributed by atoms with Crippen LogP contribution in [0.5, 0.6) is 0 Å². The topological polar surface area (TPSA) is 58.3 Å². The SMILES string of the molecule is NCC1(NCCCCCO)CCCC(C2CC2)C1. The summed E-state index contributed by atoms with van der Waals surface area (Å²) in [6, 6.07) is 0. The van der Waals surface area contributed by atoms with Gasteiger partial charge in [0.05, 0.1) is 0 Å². The summed E-state index contributed by atoms with van der Waals surface area (Å²) in [5.41, 5.74) is 6.29. The number of hydrogen-bond donors (Lipinski definition) is 3. The fraction of sp³-hybridized carbons (Fsp3) is 1.00. The van der Waals surface area contributed by atoms with Crippen molar-refractivity contribution in [1.82, 2.24) is 5.32 Å². The Morgan fingerprint density at radius 3 is 2.61 bits per heavy atom. The van der Waals surface area contributed by atoms with Crippen LogP contribution in [0, 0.1) is 11.8 Å². The molecule has 0 aromatic carbocycles. The number of nitrogens with one attached hydrogen (secondary N) is 1. The first-order valence-electron chi connectivity index (χ1n) is 7.86. The minimum atomic E-state index is 0.227. The van der Waals surface area contributed by atoms with E-state index < -0.39 is 0 Å². The van der Waals surface area contributed by atoms with Crippen LogP contribution in [0.4, 0.5) is 0 Å². The molecule has 3 heteroatoms. The van der Waals surface area contributed by atoms with Crippen molar-refractivity contribution in [3.05, 3.63) is 0 Å². The molecule has 2 saturated carbocycles. The molecule has 18 heavy (non-hydrogen) atoms. The largest absolute Gasteiger partial charge is 0.396 e. The monoisotopic (exact) mass is 254 g/mol. The van der Waals surface area contributed by atoms with Crippen LogP contribution in [0.25, 0.3) is 0 Å². The van der Waals surface area contributed by atoms with Gasteiger partial charge < -0.3 is 16.2 Å². The molecular formula is C15H30N2O. The number of nitrogens with two attached hydrogens (primary N) is 1. The predicted octanol–water partition coefficient (Wildman–Crippen LogP) is 2.04. The van der Waals surface area contributed by atoms with Crippen molar-refractivity contribution in [2.45, 2.75) is 63.3 Å². The molecule has 2 aliphatic rings. The van der Waals surface area contributed by atoms with Gasteiger partial charge in [0.15, 0.2) is 0 Å². The minimum Gasteiger partial charge on any atom is -0.396 e. The smallest absolute Gasteiger partial charge is 0.0431 e. The van der Waals surface area contributed by atoms with Gasteiger partial charge in [0.25, 0.3) is 0 Å². The van der Waals surface area contributed by atoms with E-state index in [0.29, 0.717) is 6.61 Å². The van der Waals surface area contributed by atoms with E-state index in [-0.39, 0.29) is 5.54 Å². The van der Waals surface area contributed by atoms with E-state index in [9.17, 15) is 0 Å². The van der Waals surface area contributed by atoms with Crippen LogP contribution in [-0.2, 0) is 0 Å². The van der Waals surface area contributed by atoms with E-state index in [1.165, 1.54) is 38.5 Å². The zero-order chi connectivity index (χ0) is 12.8. The van der Waals surface area contributed by atoms with Gasteiger partial charge >= 0.3 is 0 Å². The molecule has 0 amide bonds. The predicted molar refractivity (Wildman–Crippen MR) is 75.4 cm³/mol. The Bertz CT molecular complexity index is 243. The lowest BCUT2D eigenvalue weighted by Gasteiger charge is -2.41.